The van der Waals surface area contributed by atoms with E-state index in [4.69, 9.17) is 4.52 Å². The molecular formula is C17H19O2P. The maximum absolute atomic E-state index is 12.4. The Morgan fingerprint density at radius 1 is 1.05 bits per heavy atom. The molecule has 20 heavy (non-hydrogen) atoms. The van der Waals surface area contributed by atoms with Crippen LogP contribution in [0.2, 0.25) is 0 Å². The minimum Gasteiger partial charge on any atom is -0.441 e. The van der Waals surface area contributed by atoms with Gasteiger partial charge in [-0.15, -0.1) is 0 Å². The van der Waals surface area contributed by atoms with E-state index in [2.05, 4.69) is 39.0 Å². The molecule has 0 saturated carbocycles. The molecule has 1 heterocycles. The molecule has 0 bridgehead atoms. The first-order valence-electron chi connectivity index (χ1n) is 6.99. The molecule has 3 rings (SSSR count). The summed E-state index contributed by atoms with van der Waals surface area (Å²) in [6.45, 7) is 6.56. The third kappa shape index (κ3) is 1.99. The van der Waals surface area contributed by atoms with E-state index in [0.717, 1.165) is 34.2 Å². The molecule has 1 aliphatic heterocycles. The van der Waals surface area contributed by atoms with E-state index in [1.54, 1.807) is 0 Å². The highest BCUT2D eigenvalue weighted by molar-refractivity contribution is 7.49. The van der Waals surface area contributed by atoms with Crippen molar-refractivity contribution in [2.45, 2.75) is 32.6 Å². The van der Waals surface area contributed by atoms with Crippen LogP contribution < -0.4 is 9.83 Å². The third-order valence-electron chi connectivity index (χ3n) is 4.26. The van der Waals surface area contributed by atoms with Crippen molar-refractivity contribution in [3.63, 3.8) is 0 Å². The van der Waals surface area contributed by atoms with Crippen LogP contribution in [-0.4, -0.2) is 0 Å². The molecule has 1 aliphatic rings. The second-order valence-electron chi connectivity index (χ2n) is 5.85. The van der Waals surface area contributed by atoms with Gasteiger partial charge in [0.05, 0.1) is 5.30 Å². The molecule has 0 radical (unpaired) electrons. The Labute approximate surface area is 120 Å². The number of hydrogen-bond donors (Lipinski definition) is 0. The average Bonchev–Trinajstić information content (AvgIpc) is 2.47. The average molecular weight is 286 g/mol. The van der Waals surface area contributed by atoms with Crippen molar-refractivity contribution in [2.75, 3.05) is 0 Å². The normalized spacial score (nSPS) is 17.1. The monoisotopic (exact) mass is 286 g/mol. The first kappa shape index (κ1) is 13.5. The Hall–Kier alpha value is -1.53. The summed E-state index contributed by atoms with van der Waals surface area (Å²) < 4.78 is 18.2. The van der Waals surface area contributed by atoms with E-state index in [0.29, 0.717) is 0 Å². The van der Waals surface area contributed by atoms with Crippen LogP contribution in [0.4, 0.5) is 0 Å². The van der Waals surface area contributed by atoms with Crippen molar-refractivity contribution in [3.8, 4) is 16.9 Å². The van der Waals surface area contributed by atoms with E-state index in [-0.39, 0.29) is 5.41 Å². The summed E-state index contributed by atoms with van der Waals surface area (Å²) >= 11 is 0. The molecule has 0 aromatic heterocycles. The molecule has 1 unspecified atom stereocenters. The van der Waals surface area contributed by atoms with Gasteiger partial charge in [0.1, 0.15) is 5.75 Å². The summed E-state index contributed by atoms with van der Waals surface area (Å²) in [5.74, 6) is 0.807. The number of fused-ring (bicyclic) bond motifs is 3. The number of para-hydroxylation sites is 1. The summed E-state index contributed by atoms with van der Waals surface area (Å²) in [7, 11) is -2.20. The van der Waals surface area contributed by atoms with Crippen LogP contribution >= 0.6 is 8.03 Å². The highest BCUT2D eigenvalue weighted by Gasteiger charge is 2.29. The smallest absolute Gasteiger partial charge is 0.266 e. The Kier molecular flexibility index (Phi) is 3.22. The van der Waals surface area contributed by atoms with Crippen molar-refractivity contribution in [1.29, 1.82) is 0 Å². The van der Waals surface area contributed by atoms with Gasteiger partial charge in [-0.3, -0.25) is 4.57 Å². The van der Waals surface area contributed by atoms with Crippen molar-refractivity contribution in [3.05, 3.63) is 48.0 Å². The molecular weight excluding hydrogens is 267 g/mol. The first-order valence-corrected chi connectivity index (χ1v) is 8.31. The number of hydrogen-bond acceptors (Lipinski definition) is 2. The van der Waals surface area contributed by atoms with Crippen molar-refractivity contribution < 1.29 is 9.09 Å². The molecule has 0 saturated heterocycles. The Morgan fingerprint density at radius 3 is 2.50 bits per heavy atom. The predicted molar refractivity (Wildman–Crippen MR) is 84.5 cm³/mol. The summed E-state index contributed by atoms with van der Waals surface area (Å²) in [6, 6.07) is 14.0. The molecule has 104 valence electrons. The summed E-state index contributed by atoms with van der Waals surface area (Å²) in [4.78, 5) is 0. The lowest BCUT2D eigenvalue weighted by Crippen LogP contribution is -2.19. The second kappa shape index (κ2) is 4.79. The molecule has 0 spiro atoms. The van der Waals surface area contributed by atoms with Gasteiger partial charge in [-0.25, -0.2) is 0 Å². The van der Waals surface area contributed by atoms with Crippen LogP contribution in [0.3, 0.4) is 0 Å². The molecule has 0 fully saturated rings. The number of rotatable bonds is 2. The molecule has 2 aromatic rings. The maximum Gasteiger partial charge on any atom is 0.266 e. The summed E-state index contributed by atoms with van der Waals surface area (Å²) in [5, 5.41) is 0.830. The SMILES string of the molecule is CCC(C)(C)c1cccc2c1O[PH](=O)c1ccccc1-2. The second-order valence-corrected chi connectivity index (χ2v) is 7.17. The molecule has 0 amide bonds. The van der Waals surface area contributed by atoms with Gasteiger partial charge in [-0.2, -0.15) is 0 Å². The van der Waals surface area contributed by atoms with Gasteiger partial charge in [0.15, 0.2) is 0 Å². The quantitative estimate of drug-likeness (QED) is 0.758. The summed E-state index contributed by atoms with van der Waals surface area (Å²) in [6.07, 6.45) is 1.01. The first-order chi connectivity index (χ1) is 9.54. The van der Waals surface area contributed by atoms with Gasteiger partial charge < -0.3 is 4.52 Å². The van der Waals surface area contributed by atoms with Crippen LogP contribution in [-0.2, 0) is 9.98 Å². The molecule has 2 aromatic carbocycles. The van der Waals surface area contributed by atoms with Gasteiger partial charge >= 0.3 is 0 Å². The highest BCUT2D eigenvalue weighted by Crippen LogP contribution is 2.48. The Morgan fingerprint density at radius 2 is 1.75 bits per heavy atom. The molecule has 3 heteroatoms. The molecule has 2 nitrogen and oxygen atoms in total. The largest absolute Gasteiger partial charge is 0.441 e. The van der Waals surface area contributed by atoms with Crippen LogP contribution in [0.1, 0.15) is 32.8 Å². The van der Waals surface area contributed by atoms with Crippen LogP contribution in [0, 0.1) is 0 Å². The third-order valence-corrected chi connectivity index (χ3v) is 5.53. The van der Waals surface area contributed by atoms with E-state index in [1.165, 1.54) is 0 Å². The minimum absolute atomic E-state index is 0.0137. The van der Waals surface area contributed by atoms with Crippen molar-refractivity contribution in [1.82, 2.24) is 0 Å². The number of benzene rings is 2. The zero-order chi connectivity index (χ0) is 14.3. The molecule has 1 atom stereocenters. The fourth-order valence-corrected chi connectivity index (χ4v) is 3.81. The van der Waals surface area contributed by atoms with Crippen LogP contribution in [0.5, 0.6) is 5.75 Å². The Bertz CT molecular complexity index is 689. The lowest BCUT2D eigenvalue weighted by atomic mass is 9.80. The topological polar surface area (TPSA) is 26.3 Å². The lowest BCUT2D eigenvalue weighted by molar-refractivity contribution is 0.467. The van der Waals surface area contributed by atoms with E-state index in [9.17, 15) is 4.57 Å². The van der Waals surface area contributed by atoms with Gasteiger partial charge in [0.25, 0.3) is 8.03 Å². The zero-order valence-electron chi connectivity index (χ0n) is 12.1. The highest BCUT2D eigenvalue weighted by atomic mass is 31.1. The van der Waals surface area contributed by atoms with Gasteiger partial charge in [0.2, 0.25) is 0 Å². The fourth-order valence-electron chi connectivity index (χ4n) is 2.63. The summed E-state index contributed by atoms with van der Waals surface area (Å²) in [5.41, 5.74) is 3.26. The molecule has 0 aliphatic carbocycles. The maximum atomic E-state index is 12.4. The van der Waals surface area contributed by atoms with Crippen LogP contribution in [0.25, 0.3) is 11.1 Å². The van der Waals surface area contributed by atoms with Crippen molar-refractivity contribution in [2.24, 2.45) is 0 Å². The lowest BCUT2D eigenvalue weighted by Gasteiger charge is -2.30. The van der Waals surface area contributed by atoms with Gasteiger partial charge in [0, 0.05) is 11.1 Å². The van der Waals surface area contributed by atoms with E-state index < -0.39 is 8.03 Å². The van der Waals surface area contributed by atoms with Gasteiger partial charge in [-0.1, -0.05) is 57.2 Å². The predicted octanol–water partition coefficient (Wildman–Crippen LogP) is 4.53. The fraction of sp³-hybridized carbons (Fsp3) is 0.294. The van der Waals surface area contributed by atoms with Crippen molar-refractivity contribution >= 4 is 13.3 Å². The molecule has 0 N–H and O–H groups in total. The standard InChI is InChI=1S/C17H19O2P/c1-4-17(2,3)14-10-7-9-13-12-8-5-6-11-15(12)20(18)19-16(13)14/h5-11,20H,4H2,1-3H3. The Balaban J connectivity index is 2.28. The van der Waals surface area contributed by atoms with Crippen LogP contribution in [0.15, 0.2) is 42.5 Å². The minimum atomic E-state index is -2.20. The zero-order valence-corrected chi connectivity index (χ0v) is 13.1. The van der Waals surface area contributed by atoms with E-state index in [1.807, 2.05) is 24.3 Å². The van der Waals surface area contributed by atoms with Gasteiger partial charge in [-0.05, 0) is 23.5 Å². The van der Waals surface area contributed by atoms with E-state index >= 15 is 0 Å².